The number of halogens is 1. The van der Waals surface area contributed by atoms with Crippen LogP contribution in [0.15, 0.2) is 47.4 Å². The van der Waals surface area contributed by atoms with Gasteiger partial charge in [0.25, 0.3) is 10.0 Å². The highest BCUT2D eigenvalue weighted by atomic mass is 35.5. The number of ether oxygens (including phenoxy) is 1. The number of hydrogen-bond acceptors (Lipinski definition) is 5. The molecular formula is C20H22ClN3O4S. The number of nitrogens with zero attached hydrogens (tertiary/aromatic N) is 2. The number of carbonyl (C=O) groups excluding carboxylic acids is 1. The van der Waals surface area contributed by atoms with Crippen LogP contribution in [0.25, 0.3) is 0 Å². The Hall–Kier alpha value is -2.29. The summed E-state index contributed by atoms with van der Waals surface area (Å²) in [6.45, 7) is 3.19. The zero-order valence-electron chi connectivity index (χ0n) is 15.8. The van der Waals surface area contributed by atoms with Crippen LogP contribution in [0, 0.1) is 0 Å². The molecule has 2 aliphatic heterocycles. The first kappa shape index (κ1) is 20.0. The molecule has 0 radical (unpaired) electrons. The van der Waals surface area contributed by atoms with Gasteiger partial charge in [0, 0.05) is 36.8 Å². The van der Waals surface area contributed by atoms with Crippen molar-refractivity contribution in [3.8, 4) is 0 Å². The monoisotopic (exact) mass is 435 g/mol. The van der Waals surface area contributed by atoms with Crippen molar-refractivity contribution in [2.45, 2.75) is 17.7 Å². The third-order valence-electron chi connectivity index (χ3n) is 5.09. The van der Waals surface area contributed by atoms with Crippen molar-refractivity contribution in [1.82, 2.24) is 0 Å². The Balaban J connectivity index is 1.58. The van der Waals surface area contributed by atoms with E-state index in [4.69, 9.17) is 16.3 Å². The summed E-state index contributed by atoms with van der Waals surface area (Å²) in [6, 6.07) is 11.5. The van der Waals surface area contributed by atoms with Crippen LogP contribution in [0.5, 0.6) is 0 Å². The second-order valence-electron chi connectivity index (χ2n) is 7.01. The van der Waals surface area contributed by atoms with E-state index in [9.17, 15) is 13.2 Å². The van der Waals surface area contributed by atoms with Crippen molar-refractivity contribution in [2.24, 2.45) is 0 Å². The fourth-order valence-electron chi connectivity index (χ4n) is 3.60. The summed E-state index contributed by atoms with van der Waals surface area (Å²) in [7, 11) is -3.82. The molecule has 9 heteroatoms. The highest BCUT2D eigenvalue weighted by Crippen LogP contribution is 2.32. The van der Waals surface area contributed by atoms with E-state index in [1.54, 1.807) is 29.2 Å². The van der Waals surface area contributed by atoms with E-state index in [1.165, 1.54) is 12.1 Å². The smallest absolute Gasteiger partial charge is 0.261 e. The minimum absolute atomic E-state index is 0.0628. The molecule has 29 heavy (non-hydrogen) atoms. The predicted octanol–water partition coefficient (Wildman–Crippen LogP) is 3.10. The lowest BCUT2D eigenvalue weighted by Crippen LogP contribution is -2.36. The number of hydrogen-bond donors (Lipinski definition) is 1. The van der Waals surface area contributed by atoms with Gasteiger partial charge in [-0.3, -0.25) is 9.52 Å². The standard InChI is InChI=1S/C20H22ClN3O4S/c21-15-3-8-19(23-10-12-28-13-11-23)18(14-15)22-29(26,27)17-6-4-16(5-7-17)24-9-1-2-20(24)25/h3-8,14,22H,1-2,9-13H2. The van der Waals surface area contributed by atoms with Gasteiger partial charge in [-0.15, -0.1) is 0 Å². The van der Waals surface area contributed by atoms with Crippen LogP contribution in [0.3, 0.4) is 0 Å². The highest BCUT2D eigenvalue weighted by Gasteiger charge is 2.23. The van der Waals surface area contributed by atoms with Gasteiger partial charge in [0.15, 0.2) is 0 Å². The molecule has 0 aliphatic carbocycles. The Labute approximate surface area is 175 Å². The number of nitrogens with one attached hydrogen (secondary N) is 1. The Morgan fingerprint density at radius 2 is 1.72 bits per heavy atom. The first-order valence-corrected chi connectivity index (χ1v) is 11.4. The molecule has 2 fully saturated rings. The van der Waals surface area contributed by atoms with E-state index in [-0.39, 0.29) is 10.8 Å². The zero-order valence-corrected chi connectivity index (χ0v) is 17.4. The van der Waals surface area contributed by atoms with Crippen LogP contribution in [-0.2, 0) is 19.6 Å². The Bertz CT molecular complexity index is 1000. The summed E-state index contributed by atoms with van der Waals surface area (Å²) in [5.74, 6) is 0.0628. The molecule has 0 saturated carbocycles. The first-order chi connectivity index (χ1) is 13.9. The second kappa shape index (κ2) is 8.22. The van der Waals surface area contributed by atoms with Crippen LogP contribution < -0.4 is 14.5 Å². The van der Waals surface area contributed by atoms with Crippen LogP contribution >= 0.6 is 11.6 Å². The zero-order chi connectivity index (χ0) is 20.4. The van der Waals surface area contributed by atoms with Gasteiger partial charge in [-0.25, -0.2) is 8.42 Å². The number of sulfonamides is 1. The number of amides is 1. The SMILES string of the molecule is O=C1CCCN1c1ccc(S(=O)(=O)Nc2cc(Cl)ccc2N2CCOCC2)cc1. The van der Waals surface area contributed by atoms with Gasteiger partial charge in [-0.2, -0.15) is 0 Å². The molecule has 2 aromatic carbocycles. The van der Waals surface area contributed by atoms with E-state index in [2.05, 4.69) is 9.62 Å². The van der Waals surface area contributed by atoms with Gasteiger partial charge in [-0.1, -0.05) is 11.6 Å². The molecule has 1 amide bonds. The third kappa shape index (κ3) is 4.34. The Morgan fingerprint density at radius 3 is 2.38 bits per heavy atom. The van der Waals surface area contributed by atoms with Gasteiger partial charge >= 0.3 is 0 Å². The van der Waals surface area contributed by atoms with E-state index in [0.29, 0.717) is 55.7 Å². The van der Waals surface area contributed by atoms with Crippen LogP contribution in [0.2, 0.25) is 5.02 Å². The third-order valence-corrected chi connectivity index (χ3v) is 6.70. The van der Waals surface area contributed by atoms with Gasteiger partial charge in [-0.05, 0) is 48.9 Å². The molecule has 154 valence electrons. The molecule has 2 aromatic rings. The minimum Gasteiger partial charge on any atom is -0.378 e. The van der Waals surface area contributed by atoms with Crippen molar-refractivity contribution in [3.63, 3.8) is 0 Å². The molecule has 0 atom stereocenters. The van der Waals surface area contributed by atoms with Gasteiger partial charge < -0.3 is 14.5 Å². The van der Waals surface area contributed by atoms with Crippen molar-refractivity contribution < 1.29 is 17.9 Å². The Morgan fingerprint density at radius 1 is 1.00 bits per heavy atom. The maximum absolute atomic E-state index is 13.0. The molecule has 4 rings (SSSR count). The Kier molecular flexibility index (Phi) is 5.67. The van der Waals surface area contributed by atoms with Gasteiger partial charge in [0.1, 0.15) is 0 Å². The van der Waals surface area contributed by atoms with Crippen molar-refractivity contribution in [1.29, 1.82) is 0 Å². The fraction of sp³-hybridized carbons (Fsp3) is 0.350. The van der Waals surface area contributed by atoms with E-state index >= 15 is 0 Å². The normalized spacial score (nSPS) is 17.6. The molecule has 2 aliphatic rings. The predicted molar refractivity (Wildman–Crippen MR) is 113 cm³/mol. The average molecular weight is 436 g/mol. The van der Waals surface area contributed by atoms with E-state index in [0.717, 1.165) is 12.1 Å². The first-order valence-electron chi connectivity index (χ1n) is 9.49. The largest absolute Gasteiger partial charge is 0.378 e. The summed E-state index contributed by atoms with van der Waals surface area (Å²) in [5, 5.41) is 0.447. The number of rotatable bonds is 5. The summed E-state index contributed by atoms with van der Waals surface area (Å²) < 4.78 is 34.0. The number of benzene rings is 2. The average Bonchev–Trinajstić information content (AvgIpc) is 3.14. The second-order valence-corrected chi connectivity index (χ2v) is 9.13. The number of carbonyl (C=O) groups is 1. The summed E-state index contributed by atoms with van der Waals surface area (Å²) in [5.41, 5.74) is 1.90. The maximum Gasteiger partial charge on any atom is 0.261 e. The molecule has 0 aromatic heterocycles. The van der Waals surface area contributed by atoms with Crippen molar-refractivity contribution in [2.75, 3.05) is 47.4 Å². The molecule has 2 heterocycles. The van der Waals surface area contributed by atoms with Crippen LogP contribution in [0.1, 0.15) is 12.8 Å². The fourth-order valence-corrected chi connectivity index (χ4v) is 4.84. The topological polar surface area (TPSA) is 79.0 Å². The lowest BCUT2D eigenvalue weighted by atomic mass is 10.2. The van der Waals surface area contributed by atoms with Gasteiger partial charge in [0.2, 0.25) is 5.91 Å². The molecule has 1 N–H and O–H groups in total. The van der Waals surface area contributed by atoms with E-state index in [1.807, 2.05) is 6.07 Å². The minimum atomic E-state index is -3.82. The van der Waals surface area contributed by atoms with Crippen LogP contribution in [0.4, 0.5) is 17.1 Å². The lowest BCUT2D eigenvalue weighted by molar-refractivity contribution is -0.117. The molecule has 7 nitrogen and oxygen atoms in total. The summed E-state index contributed by atoms with van der Waals surface area (Å²) in [4.78, 5) is 15.8. The summed E-state index contributed by atoms with van der Waals surface area (Å²) in [6.07, 6.45) is 1.35. The molecule has 0 unspecified atom stereocenters. The molecule has 0 spiro atoms. The molecule has 0 bridgehead atoms. The number of anilines is 3. The molecular weight excluding hydrogens is 414 g/mol. The quantitative estimate of drug-likeness (QED) is 0.780. The highest BCUT2D eigenvalue weighted by molar-refractivity contribution is 7.92. The molecule has 2 saturated heterocycles. The number of morpholine rings is 1. The van der Waals surface area contributed by atoms with Crippen molar-refractivity contribution in [3.05, 3.63) is 47.5 Å². The van der Waals surface area contributed by atoms with Crippen LogP contribution in [-0.4, -0.2) is 47.2 Å². The summed E-state index contributed by atoms with van der Waals surface area (Å²) >= 11 is 6.12. The van der Waals surface area contributed by atoms with Crippen molar-refractivity contribution >= 4 is 44.6 Å². The lowest BCUT2D eigenvalue weighted by Gasteiger charge is -2.30. The van der Waals surface area contributed by atoms with Gasteiger partial charge in [0.05, 0.1) is 29.5 Å². The maximum atomic E-state index is 13.0. The van der Waals surface area contributed by atoms with E-state index < -0.39 is 10.0 Å².